The van der Waals surface area contributed by atoms with Gasteiger partial charge in [-0.1, -0.05) is 11.2 Å². The average molecular weight is 451 g/mol. The van der Waals surface area contributed by atoms with Crippen molar-refractivity contribution in [3.05, 3.63) is 56.4 Å². The van der Waals surface area contributed by atoms with Crippen LogP contribution in [0.5, 0.6) is 0 Å². The second kappa shape index (κ2) is 8.04. The van der Waals surface area contributed by atoms with Crippen molar-refractivity contribution in [1.82, 2.24) is 5.16 Å². The number of Topliss-reactive ketones (excluding diaryl/α,β-unsaturated/α-hetero) is 1. The van der Waals surface area contributed by atoms with Crippen molar-refractivity contribution < 1.29 is 26.7 Å². The first-order valence-corrected chi connectivity index (χ1v) is 11.1. The number of nitrogens with one attached hydrogen (secondary N) is 2. The summed E-state index contributed by atoms with van der Waals surface area (Å²) in [7, 11) is -4.56. The zero-order valence-corrected chi connectivity index (χ0v) is 18.6. The lowest BCUT2D eigenvalue weighted by molar-refractivity contribution is 0.101. The quantitative estimate of drug-likeness (QED) is 0.543. The standard InChI is InChI=1S/C20H21N3O5S2/c1-10-8-11(2)17(15(9-10)14(5)24)21-19(25)18-16(6-7-29-18)30(26,27)23-20-12(3)13(4)22-28-20/h6-9,23H,1-5H3,(H,21,25)/i9D/hD2. The molecule has 10 heteroatoms. The van der Waals surface area contributed by atoms with Crippen molar-refractivity contribution in [1.29, 1.82) is 0 Å². The maximum Gasteiger partial charge on any atom is 0.267 e. The van der Waals surface area contributed by atoms with Crippen molar-refractivity contribution in [2.75, 3.05) is 10.0 Å². The minimum atomic E-state index is -4.56. The summed E-state index contributed by atoms with van der Waals surface area (Å²) in [6.45, 7) is 7.61. The van der Waals surface area contributed by atoms with Gasteiger partial charge in [0, 0.05) is 11.1 Å². The molecular formula is C20H21N3O5S2. The van der Waals surface area contributed by atoms with E-state index in [-0.39, 0.29) is 32.8 Å². The van der Waals surface area contributed by atoms with Crippen LogP contribution in [-0.2, 0) is 10.0 Å². The number of aromatic nitrogens is 1. The molecule has 0 aliphatic heterocycles. The highest BCUT2D eigenvalue weighted by Crippen LogP contribution is 2.29. The smallest absolute Gasteiger partial charge is 0.267 e. The first-order valence-electron chi connectivity index (χ1n) is 10.2. The maximum absolute atomic E-state index is 13.2. The largest absolute Gasteiger partial charge is 0.337 e. The lowest BCUT2D eigenvalue weighted by atomic mass is 10.0. The van der Waals surface area contributed by atoms with Crippen LogP contribution in [0.15, 0.2) is 33.0 Å². The molecule has 1 aromatic carbocycles. The summed E-state index contributed by atoms with van der Waals surface area (Å²) in [6, 6.07) is 2.62. The molecule has 0 aliphatic carbocycles. The summed E-state index contributed by atoms with van der Waals surface area (Å²) in [5.74, 6) is -1.83. The number of sulfonamides is 1. The molecule has 2 aromatic heterocycles. The molecule has 30 heavy (non-hydrogen) atoms. The Hall–Kier alpha value is -2.98. The predicted octanol–water partition coefficient (Wildman–Crippen LogP) is 4.23. The Bertz CT molecular complexity index is 1380. The number of hydrogen-bond donors (Lipinski definition) is 2. The molecule has 0 saturated heterocycles. The molecule has 0 atom stereocenters. The second-order valence-electron chi connectivity index (χ2n) is 6.71. The minimum Gasteiger partial charge on any atom is -0.337 e. The van der Waals surface area contributed by atoms with Gasteiger partial charge in [-0.05, 0) is 63.2 Å². The molecular weight excluding hydrogens is 426 g/mol. The lowest BCUT2D eigenvalue weighted by Crippen LogP contribution is -2.20. The Morgan fingerprint density at radius 3 is 2.57 bits per heavy atom. The molecule has 2 heterocycles. The average Bonchev–Trinajstić information content (AvgIpc) is 3.36. The Kier molecular flexibility index (Phi) is 4.78. The number of carbonyl (C=O) groups excluding carboxylic acids is 2. The van der Waals surface area contributed by atoms with E-state index in [9.17, 15) is 18.0 Å². The molecule has 3 aromatic rings. The van der Waals surface area contributed by atoms with E-state index in [0.717, 1.165) is 17.4 Å². The van der Waals surface area contributed by atoms with Gasteiger partial charge in [0.25, 0.3) is 15.9 Å². The maximum atomic E-state index is 13.2. The highest BCUT2D eigenvalue weighted by Gasteiger charge is 2.27. The molecule has 0 aliphatic rings. The van der Waals surface area contributed by atoms with Gasteiger partial charge >= 0.3 is 0 Å². The van der Waals surface area contributed by atoms with E-state index in [2.05, 4.69) is 5.16 Å². The molecule has 1 amide bonds. The number of rotatable bonds is 6. The monoisotopic (exact) mass is 450 g/mol. The number of thiophene rings is 1. The third-order valence-electron chi connectivity index (χ3n) is 4.37. The lowest BCUT2D eigenvalue weighted by Gasteiger charge is -2.14. The van der Waals surface area contributed by atoms with Crippen LogP contribution < -0.4 is 10.0 Å². The first-order chi connectivity index (χ1) is 15.3. The third kappa shape index (κ3) is 4.14. The fourth-order valence-corrected chi connectivity index (χ4v) is 5.00. The summed E-state index contributed by atoms with van der Waals surface area (Å²) >= 11 is 0.779. The van der Waals surface area contributed by atoms with Crippen LogP contribution in [0.2, 0.25) is 2.82 Å². The van der Waals surface area contributed by atoms with Gasteiger partial charge in [-0.2, -0.15) is 0 Å². The Balaban J connectivity index is 2.09. The Morgan fingerprint density at radius 2 is 1.97 bits per heavy atom. The number of hydrogen-bond acceptors (Lipinski definition) is 7. The van der Waals surface area contributed by atoms with Crippen molar-refractivity contribution in [3.8, 4) is 0 Å². The predicted molar refractivity (Wildman–Crippen MR) is 115 cm³/mol. The van der Waals surface area contributed by atoms with Gasteiger partial charge in [-0.3, -0.25) is 9.59 Å². The molecule has 0 saturated carbocycles. The summed E-state index contributed by atoms with van der Waals surface area (Å²) in [4.78, 5) is 24.6. The minimum absolute atomic E-state index is 0.0933. The molecule has 0 bridgehead atoms. The molecule has 3 rings (SSSR count). The van der Waals surface area contributed by atoms with E-state index in [1.165, 1.54) is 12.3 Å². The summed E-state index contributed by atoms with van der Waals surface area (Å²) < 4.78 is 56.1. The molecule has 0 radical (unpaired) electrons. The highest BCUT2D eigenvalue weighted by molar-refractivity contribution is 7.93. The number of ketones is 1. The summed E-state index contributed by atoms with van der Waals surface area (Å²) in [5, 5.41) is 5.43. The van der Waals surface area contributed by atoms with Crippen molar-refractivity contribution in [2.45, 2.75) is 39.5 Å². The van der Waals surface area contributed by atoms with Crippen LogP contribution >= 0.6 is 11.3 Å². The van der Waals surface area contributed by atoms with Gasteiger partial charge in [0.2, 0.25) is 5.88 Å². The zero-order valence-electron chi connectivity index (χ0n) is 19.9. The van der Waals surface area contributed by atoms with Crippen molar-refractivity contribution in [2.24, 2.45) is 0 Å². The van der Waals surface area contributed by atoms with Gasteiger partial charge in [0.15, 0.2) is 8.61 Å². The van der Waals surface area contributed by atoms with Crippen LogP contribution in [0.4, 0.5) is 11.6 Å². The number of amides is 1. The fraction of sp³-hybridized carbons (Fsp3) is 0.250. The van der Waals surface area contributed by atoms with E-state index in [4.69, 9.17) is 8.72 Å². The Morgan fingerprint density at radius 1 is 1.27 bits per heavy atom. The molecule has 158 valence electrons. The fourth-order valence-electron chi connectivity index (χ4n) is 2.74. The van der Waals surface area contributed by atoms with Gasteiger partial charge in [-0.15, -0.1) is 11.3 Å². The van der Waals surface area contributed by atoms with Crippen LogP contribution in [0, 0.1) is 27.7 Å². The van der Waals surface area contributed by atoms with Gasteiger partial charge < -0.3 is 9.83 Å². The van der Waals surface area contributed by atoms with Crippen molar-refractivity contribution in [3.63, 3.8) is 0 Å². The molecule has 0 unspecified atom stereocenters. The SMILES string of the molecule is [2H]c1c(C)cc(C)c(N([2H])C(=O)c2sccc2S(=O)(=O)N([2H])c2onc(C)c2C)c1C(C)=O. The summed E-state index contributed by atoms with van der Waals surface area (Å²) in [5.41, 5.74) is 1.48. The number of nitrogens with zero attached hydrogens (tertiary/aromatic N) is 1. The van der Waals surface area contributed by atoms with Crippen LogP contribution in [0.3, 0.4) is 0 Å². The third-order valence-corrected chi connectivity index (χ3v) is 6.70. The first kappa shape index (κ1) is 17.8. The van der Waals surface area contributed by atoms with Crippen LogP contribution in [0.1, 0.15) is 50.7 Å². The number of aryl methyl sites for hydroxylation is 3. The number of anilines is 2. The van der Waals surface area contributed by atoms with E-state index in [0.29, 0.717) is 27.7 Å². The van der Waals surface area contributed by atoms with Crippen molar-refractivity contribution >= 4 is 44.6 Å². The van der Waals surface area contributed by atoms with E-state index in [1.807, 2.05) is 0 Å². The second-order valence-corrected chi connectivity index (χ2v) is 9.20. The van der Waals surface area contributed by atoms with E-state index in [1.54, 1.807) is 33.8 Å². The summed E-state index contributed by atoms with van der Waals surface area (Å²) in [6.07, 6.45) is 0. The number of carbonyl (C=O) groups is 2. The Labute approximate surface area is 182 Å². The molecule has 8 nitrogen and oxygen atoms in total. The van der Waals surface area contributed by atoms with Gasteiger partial charge in [0.05, 0.1) is 12.8 Å². The zero-order chi connectivity index (χ0) is 24.8. The topological polar surface area (TPSA) is 118 Å². The molecule has 0 spiro atoms. The highest BCUT2D eigenvalue weighted by atomic mass is 32.2. The van der Waals surface area contributed by atoms with E-state index >= 15 is 0 Å². The number of benzene rings is 1. The van der Waals surface area contributed by atoms with Gasteiger partial charge in [-0.25, -0.2) is 13.1 Å². The van der Waals surface area contributed by atoms with Gasteiger partial charge in [0.1, 0.15) is 9.77 Å². The van der Waals surface area contributed by atoms with Crippen LogP contribution in [0.25, 0.3) is 0 Å². The van der Waals surface area contributed by atoms with Crippen LogP contribution in [-0.4, -0.2) is 25.3 Å². The molecule has 0 fully saturated rings. The van der Waals surface area contributed by atoms with E-state index < -0.39 is 26.6 Å². The normalized spacial score (nSPS) is 12.8. The molecule has 2 N–H and O–H groups in total.